The van der Waals surface area contributed by atoms with Gasteiger partial charge in [-0.05, 0) is 35.2 Å². The molecule has 1 saturated carbocycles. The molecule has 2 nitrogen and oxygen atoms in total. The van der Waals surface area contributed by atoms with E-state index < -0.39 is 0 Å². The van der Waals surface area contributed by atoms with Gasteiger partial charge in [0.2, 0.25) is 0 Å². The fourth-order valence-corrected chi connectivity index (χ4v) is 4.37. The summed E-state index contributed by atoms with van der Waals surface area (Å²) in [6, 6.07) is 15.4. The van der Waals surface area contributed by atoms with Crippen LogP contribution >= 0.6 is 11.8 Å². The Morgan fingerprint density at radius 2 is 1.85 bits per heavy atom. The molecular weight excluding hydrogens is 264 g/mol. The average Bonchev–Trinajstić information content (AvgIpc) is 3.01. The molecule has 1 atom stereocenters. The Kier molecular flexibility index (Phi) is 4.61. The summed E-state index contributed by atoms with van der Waals surface area (Å²) >= 11 is 2.07. The zero-order valence-electron chi connectivity index (χ0n) is 11.7. The van der Waals surface area contributed by atoms with E-state index in [2.05, 4.69) is 59.7 Å². The van der Waals surface area contributed by atoms with Gasteiger partial charge in [0.15, 0.2) is 0 Å². The predicted octanol–water partition coefficient (Wildman–Crippen LogP) is 4.02. The van der Waals surface area contributed by atoms with Crippen LogP contribution in [0.1, 0.15) is 37.3 Å². The second-order valence-corrected chi connectivity index (χ2v) is 6.90. The van der Waals surface area contributed by atoms with Crippen molar-refractivity contribution in [2.24, 2.45) is 5.84 Å². The van der Waals surface area contributed by atoms with Crippen LogP contribution in [0.2, 0.25) is 0 Å². The molecule has 0 amide bonds. The summed E-state index contributed by atoms with van der Waals surface area (Å²) in [6.07, 6.45) is 5.54. The standard InChI is InChI=1S/C17H22N2S/c18-19-17(12-20-16-7-3-4-8-16)15-10-9-13-5-1-2-6-14(13)11-15/h1-2,5-6,9-11,16-17,19H,3-4,7-8,12,18H2. The van der Waals surface area contributed by atoms with Crippen LogP contribution in [0, 0.1) is 0 Å². The van der Waals surface area contributed by atoms with Crippen molar-refractivity contribution in [2.75, 3.05) is 5.75 Å². The molecule has 0 heterocycles. The van der Waals surface area contributed by atoms with Gasteiger partial charge in [-0.15, -0.1) is 0 Å². The van der Waals surface area contributed by atoms with Crippen molar-refractivity contribution < 1.29 is 0 Å². The first-order valence-electron chi connectivity index (χ1n) is 7.43. The minimum Gasteiger partial charge on any atom is -0.271 e. The summed E-state index contributed by atoms with van der Waals surface area (Å²) in [5.41, 5.74) is 4.27. The van der Waals surface area contributed by atoms with Crippen molar-refractivity contribution in [1.82, 2.24) is 5.43 Å². The van der Waals surface area contributed by atoms with Gasteiger partial charge in [-0.1, -0.05) is 49.2 Å². The van der Waals surface area contributed by atoms with E-state index in [-0.39, 0.29) is 6.04 Å². The lowest BCUT2D eigenvalue weighted by Gasteiger charge is -2.18. The Morgan fingerprint density at radius 1 is 1.10 bits per heavy atom. The molecule has 0 aromatic heterocycles. The van der Waals surface area contributed by atoms with Gasteiger partial charge in [-0.3, -0.25) is 11.3 Å². The molecule has 0 saturated heterocycles. The van der Waals surface area contributed by atoms with Crippen LogP contribution in [0.15, 0.2) is 42.5 Å². The van der Waals surface area contributed by atoms with Crippen molar-refractivity contribution in [1.29, 1.82) is 0 Å². The quantitative estimate of drug-likeness (QED) is 0.644. The Hall–Kier alpha value is -1.03. The molecule has 1 aliphatic rings. The molecule has 3 N–H and O–H groups in total. The maximum atomic E-state index is 5.77. The third-order valence-electron chi connectivity index (χ3n) is 4.18. The largest absolute Gasteiger partial charge is 0.271 e. The summed E-state index contributed by atoms with van der Waals surface area (Å²) in [6.45, 7) is 0. The number of hydrogen-bond donors (Lipinski definition) is 2. The second-order valence-electron chi connectivity index (χ2n) is 5.57. The number of nitrogens with two attached hydrogens (primary N) is 1. The lowest BCUT2D eigenvalue weighted by Crippen LogP contribution is -2.30. The van der Waals surface area contributed by atoms with Gasteiger partial charge >= 0.3 is 0 Å². The SMILES string of the molecule is NNC(CSC1CCCC1)c1ccc2ccccc2c1. The van der Waals surface area contributed by atoms with E-state index in [0.29, 0.717) is 0 Å². The fraction of sp³-hybridized carbons (Fsp3) is 0.412. The highest BCUT2D eigenvalue weighted by atomic mass is 32.2. The number of nitrogens with one attached hydrogen (secondary N) is 1. The summed E-state index contributed by atoms with van der Waals surface area (Å²) < 4.78 is 0. The molecule has 1 aliphatic carbocycles. The number of hydrogen-bond acceptors (Lipinski definition) is 3. The van der Waals surface area contributed by atoms with Gasteiger partial charge in [0.25, 0.3) is 0 Å². The molecule has 1 unspecified atom stereocenters. The van der Waals surface area contributed by atoms with E-state index in [0.717, 1.165) is 11.0 Å². The van der Waals surface area contributed by atoms with Gasteiger partial charge in [-0.2, -0.15) is 11.8 Å². The van der Waals surface area contributed by atoms with E-state index in [1.165, 1.54) is 42.0 Å². The van der Waals surface area contributed by atoms with Crippen LogP contribution in [-0.2, 0) is 0 Å². The Labute approximate surface area is 125 Å². The monoisotopic (exact) mass is 286 g/mol. The highest BCUT2D eigenvalue weighted by Gasteiger charge is 2.18. The van der Waals surface area contributed by atoms with Gasteiger partial charge in [0.05, 0.1) is 6.04 Å². The zero-order chi connectivity index (χ0) is 13.8. The number of hydrazine groups is 1. The van der Waals surface area contributed by atoms with Crippen LogP contribution in [0.4, 0.5) is 0 Å². The highest BCUT2D eigenvalue weighted by molar-refractivity contribution is 7.99. The average molecular weight is 286 g/mol. The van der Waals surface area contributed by atoms with E-state index in [1.807, 2.05) is 0 Å². The van der Waals surface area contributed by atoms with Crippen LogP contribution in [0.25, 0.3) is 10.8 Å². The molecule has 0 radical (unpaired) electrons. The minimum atomic E-state index is 0.241. The first-order chi connectivity index (χ1) is 9.86. The molecule has 0 aliphatic heterocycles. The van der Waals surface area contributed by atoms with Gasteiger partial charge in [-0.25, -0.2) is 0 Å². The van der Waals surface area contributed by atoms with Crippen LogP contribution in [0.3, 0.4) is 0 Å². The third kappa shape index (κ3) is 3.17. The maximum Gasteiger partial charge on any atom is 0.0550 e. The summed E-state index contributed by atoms with van der Waals surface area (Å²) in [5.74, 6) is 6.83. The number of benzene rings is 2. The Balaban J connectivity index is 1.72. The van der Waals surface area contributed by atoms with Crippen molar-refractivity contribution in [3.05, 3.63) is 48.0 Å². The maximum absolute atomic E-state index is 5.77. The smallest absolute Gasteiger partial charge is 0.0550 e. The Bertz CT molecular complexity index is 564. The van der Waals surface area contributed by atoms with E-state index in [1.54, 1.807) is 0 Å². The topological polar surface area (TPSA) is 38.0 Å². The number of thioether (sulfide) groups is 1. The molecular formula is C17H22N2S. The first kappa shape index (κ1) is 13.9. The highest BCUT2D eigenvalue weighted by Crippen LogP contribution is 2.32. The number of rotatable bonds is 5. The number of fused-ring (bicyclic) bond motifs is 1. The normalized spacial score (nSPS) is 17.6. The molecule has 2 aromatic carbocycles. The second kappa shape index (κ2) is 6.61. The van der Waals surface area contributed by atoms with Crippen molar-refractivity contribution in [2.45, 2.75) is 37.0 Å². The van der Waals surface area contributed by atoms with E-state index in [4.69, 9.17) is 5.84 Å². The summed E-state index contributed by atoms with van der Waals surface area (Å²) in [5, 5.41) is 3.41. The molecule has 2 aromatic rings. The minimum absolute atomic E-state index is 0.241. The third-order valence-corrected chi connectivity index (χ3v) is 5.65. The van der Waals surface area contributed by atoms with Gasteiger partial charge in [0.1, 0.15) is 0 Å². The van der Waals surface area contributed by atoms with Crippen molar-refractivity contribution in [3.63, 3.8) is 0 Å². The summed E-state index contributed by atoms with van der Waals surface area (Å²) in [4.78, 5) is 0. The van der Waals surface area contributed by atoms with Crippen molar-refractivity contribution >= 4 is 22.5 Å². The fourth-order valence-electron chi connectivity index (χ4n) is 2.95. The molecule has 20 heavy (non-hydrogen) atoms. The Morgan fingerprint density at radius 3 is 2.60 bits per heavy atom. The van der Waals surface area contributed by atoms with Gasteiger partial charge < -0.3 is 0 Å². The van der Waals surface area contributed by atoms with Crippen molar-refractivity contribution in [3.8, 4) is 0 Å². The molecule has 3 heteroatoms. The lowest BCUT2D eigenvalue weighted by atomic mass is 10.0. The summed E-state index contributed by atoms with van der Waals surface area (Å²) in [7, 11) is 0. The molecule has 0 spiro atoms. The predicted molar refractivity (Wildman–Crippen MR) is 88.7 cm³/mol. The van der Waals surface area contributed by atoms with Crippen LogP contribution in [0.5, 0.6) is 0 Å². The van der Waals surface area contributed by atoms with Crippen LogP contribution in [-0.4, -0.2) is 11.0 Å². The molecule has 1 fully saturated rings. The van der Waals surface area contributed by atoms with E-state index >= 15 is 0 Å². The lowest BCUT2D eigenvalue weighted by molar-refractivity contribution is 0.610. The van der Waals surface area contributed by atoms with E-state index in [9.17, 15) is 0 Å². The molecule has 106 valence electrons. The molecule has 0 bridgehead atoms. The van der Waals surface area contributed by atoms with Crippen LogP contribution < -0.4 is 11.3 Å². The molecule has 3 rings (SSSR count). The zero-order valence-corrected chi connectivity index (χ0v) is 12.5. The van der Waals surface area contributed by atoms with Gasteiger partial charge in [0, 0.05) is 11.0 Å². The first-order valence-corrected chi connectivity index (χ1v) is 8.48.